The molecule has 0 aliphatic heterocycles. The molecule has 4 rings (SSSR count). The summed E-state index contributed by atoms with van der Waals surface area (Å²) in [6, 6.07) is 15.4. The lowest BCUT2D eigenvalue weighted by Crippen LogP contribution is -2.46. The van der Waals surface area contributed by atoms with E-state index < -0.39 is 23.7 Å². The average Bonchev–Trinajstić information content (AvgIpc) is 3.26. The number of anilines is 1. The first-order chi connectivity index (χ1) is 17.0. The number of para-hydroxylation sites is 2. The van der Waals surface area contributed by atoms with Gasteiger partial charge >= 0.3 is 0 Å². The maximum absolute atomic E-state index is 15.1. The van der Waals surface area contributed by atoms with Crippen LogP contribution < -0.4 is 10.2 Å². The quantitative estimate of drug-likeness (QED) is 0.397. The molecule has 2 amide bonds. The summed E-state index contributed by atoms with van der Waals surface area (Å²) in [6.07, 6.45) is 3.85. The number of benzene rings is 2. The topological polar surface area (TPSA) is 93.0 Å². The average molecular weight is 475 g/mol. The Labute approximate surface area is 202 Å². The second-order valence-corrected chi connectivity index (χ2v) is 8.61. The van der Waals surface area contributed by atoms with Crippen LogP contribution in [0.2, 0.25) is 0 Å². The summed E-state index contributed by atoms with van der Waals surface area (Å²) in [5.74, 6) is -1.14. The molecule has 1 N–H and O–H groups in total. The van der Waals surface area contributed by atoms with Gasteiger partial charge in [-0.15, -0.1) is 5.10 Å². The molecule has 0 bridgehead atoms. The monoisotopic (exact) mass is 474 g/mol. The Morgan fingerprint density at radius 1 is 1.03 bits per heavy atom. The maximum atomic E-state index is 15.1. The predicted molar refractivity (Wildman–Crippen MR) is 131 cm³/mol. The fourth-order valence-corrected chi connectivity index (χ4v) is 3.85. The van der Waals surface area contributed by atoms with E-state index in [1.807, 2.05) is 12.1 Å². The zero-order chi connectivity index (χ0) is 24.8. The van der Waals surface area contributed by atoms with E-state index in [0.29, 0.717) is 29.1 Å². The molecule has 0 fully saturated rings. The first-order valence-corrected chi connectivity index (χ1v) is 11.5. The van der Waals surface area contributed by atoms with Crippen LogP contribution in [-0.4, -0.2) is 38.3 Å². The van der Waals surface area contributed by atoms with Crippen LogP contribution in [-0.2, 0) is 16.1 Å². The number of aromatic nitrogens is 4. The Bertz CT molecular complexity index is 1310. The molecule has 1 atom stereocenters. The first kappa shape index (κ1) is 24.0. The number of rotatable bonds is 9. The Hall–Kier alpha value is -4.14. The fourth-order valence-electron chi connectivity index (χ4n) is 3.85. The van der Waals surface area contributed by atoms with Gasteiger partial charge in [0.25, 0.3) is 0 Å². The van der Waals surface area contributed by atoms with Crippen molar-refractivity contribution in [3.8, 4) is 0 Å². The summed E-state index contributed by atoms with van der Waals surface area (Å²) in [5, 5.41) is 11.1. The number of amides is 2. The Morgan fingerprint density at radius 2 is 1.74 bits per heavy atom. The third-order valence-corrected chi connectivity index (χ3v) is 5.64. The van der Waals surface area contributed by atoms with Crippen molar-refractivity contribution in [2.45, 2.75) is 32.9 Å². The minimum absolute atomic E-state index is 0.00254. The molecule has 35 heavy (non-hydrogen) atoms. The van der Waals surface area contributed by atoms with Crippen molar-refractivity contribution in [2.24, 2.45) is 5.92 Å². The van der Waals surface area contributed by atoms with Gasteiger partial charge in [-0.3, -0.25) is 19.5 Å². The molecule has 2 aromatic heterocycles. The van der Waals surface area contributed by atoms with Gasteiger partial charge in [-0.1, -0.05) is 43.3 Å². The number of carbonyl (C=O) groups excluding carboxylic acids is 2. The molecule has 2 aromatic carbocycles. The third kappa shape index (κ3) is 5.51. The lowest BCUT2D eigenvalue weighted by molar-refractivity contribution is -0.127. The van der Waals surface area contributed by atoms with Crippen molar-refractivity contribution in [2.75, 3.05) is 11.4 Å². The smallest absolute Gasteiger partial charge is 0.249 e. The highest BCUT2D eigenvalue weighted by molar-refractivity contribution is 6.01. The van der Waals surface area contributed by atoms with Crippen molar-refractivity contribution in [1.82, 2.24) is 25.3 Å². The van der Waals surface area contributed by atoms with Crippen LogP contribution in [0, 0.1) is 11.7 Å². The number of hydrogen-bond donors (Lipinski definition) is 1. The second-order valence-electron chi connectivity index (χ2n) is 8.61. The van der Waals surface area contributed by atoms with Gasteiger partial charge in [0.05, 0.1) is 11.2 Å². The molecular weight excluding hydrogens is 447 g/mol. The first-order valence-electron chi connectivity index (χ1n) is 11.5. The molecule has 180 valence electrons. The minimum atomic E-state index is -1.11. The largest absolute Gasteiger partial charge is 0.354 e. The van der Waals surface area contributed by atoms with E-state index in [-0.39, 0.29) is 12.2 Å². The van der Waals surface area contributed by atoms with Crippen LogP contribution in [0.3, 0.4) is 0 Å². The molecule has 0 unspecified atom stereocenters. The van der Waals surface area contributed by atoms with Gasteiger partial charge in [0, 0.05) is 18.9 Å². The van der Waals surface area contributed by atoms with Gasteiger partial charge in [0.15, 0.2) is 0 Å². The van der Waals surface area contributed by atoms with Gasteiger partial charge in [-0.2, -0.15) is 0 Å². The van der Waals surface area contributed by atoms with E-state index in [1.165, 1.54) is 27.8 Å². The SMILES string of the molecule is CC(C)CCNC(=O)[C@H](c1ccncc1)N(C(=O)Cn1nnc2ccccc21)c1ccccc1F. The molecule has 0 aliphatic carbocycles. The molecule has 0 aliphatic rings. The van der Waals surface area contributed by atoms with Crippen LogP contribution in [0.15, 0.2) is 73.1 Å². The third-order valence-electron chi connectivity index (χ3n) is 5.64. The van der Waals surface area contributed by atoms with Gasteiger partial charge in [0.1, 0.15) is 23.9 Å². The highest BCUT2D eigenvalue weighted by atomic mass is 19.1. The van der Waals surface area contributed by atoms with Crippen molar-refractivity contribution >= 4 is 28.5 Å². The summed E-state index contributed by atoms with van der Waals surface area (Å²) in [7, 11) is 0. The van der Waals surface area contributed by atoms with Crippen LogP contribution in [0.1, 0.15) is 31.9 Å². The molecule has 4 aromatic rings. The normalized spacial score (nSPS) is 12.0. The van der Waals surface area contributed by atoms with E-state index in [9.17, 15) is 9.59 Å². The lowest BCUT2D eigenvalue weighted by Gasteiger charge is -2.31. The van der Waals surface area contributed by atoms with Crippen LogP contribution in [0.5, 0.6) is 0 Å². The lowest BCUT2D eigenvalue weighted by atomic mass is 10.0. The Kier molecular flexibility index (Phi) is 7.45. The highest BCUT2D eigenvalue weighted by Crippen LogP contribution is 2.30. The second kappa shape index (κ2) is 10.9. The maximum Gasteiger partial charge on any atom is 0.249 e. The van der Waals surface area contributed by atoms with Crippen molar-refractivity contribution in [3.63, 3.8) is 0 Å². The summed E-state index contributed by atoms with van der Waals surface area (Å²) < 4.78 is 16.5. The summed E-state index contributed by atoms with van der Waals surface area (Å²) in [6.45, 7) is 4.33. The van der Waals surface area contributed by atoms with E-state index in [1.54, 1.807) is 42.7 Å². The van der Waals surface area contributed by atoms with Crippen molar-refractivity contribution in [3.05, 3.63) is 84.4 Å². The zero-order valence-electron chi connectivity index (χ0n) is 19.6. The summed E-state index contributed by atoms with van der Waals surface area (Å²) in [4.78, 5) is 32.5. The van der Waals surface area contributed by atoms with E-state index in [4.69, 9.17) is 0 Å². The molecule has 2 heterocycles. The molecule has 0 saturated heterocycles. The number of pyridine rings is 1. The van der Waals surface area contributed by atoms with Crippen molar-refractivity contribution in [1.29, 1.82) is 0 Å². The predicted octanol–water partition coefficient (Wildman–Crippen LogP) is 3.90. The van der Waals surface area contributed by atoms with Crippen LogP contribution in [0.4, 0.5) is 10.1 Å². The highest BCUT2D eigenvalue weighted by Gasteiger charge is 2.34. The van der Waals surface area contributed by atoms with E-state index in [2.05, 4.69) is 34.5 Å². The van der Waals surface area contributed by atoms with Gasteiger partial charge in [0.2, 0.25) is 11.8 Å². The van der Waals surface area contributed by atoms with Gasteiger partial charge in [-0.05, 0) is 54.3 Å². The van der Waals surface area contributed by atoms with Crippen molar-refractivity contribution < 1.29 is 14.0 Å². The number of halogens is 1. The summed E-state index contributed by atoms with van der Waals surface area (Å²) >= 11 is 0. The standard InChI is InChI=1S/C26H27FN6O2/c1-18(2)11-16-29-26(35)25(19-12-14-28-15-13-19)33(22-9-5-3-7-20(22)27)24(34)17-32-23-10-6-4-8-21(23)30-31-32/h3-10,12-15,18,25H,11,16-17H2,1-2H3,(H,29,35)/t25-/m0/s1. The van der Waals surface area contributed by atoms with E-state index in [0.717, 1.165) is 6.42 Å². The molecule has 0 radical (unpaired) electrons. The van der Waals surface area contributed by atoms with Crippen LogP contribution in [0.25, 0.3) is 11.0 Å². The zero-order valence-corrected chi connectivity index (χ0v) is 19.6. The Balaban J connectivity index is 1.76. The molecular formula is C26H27FN6O2. The molecule has 9 heteroatoms. The minimum Gasteiger partial charge on any atom is -0.354 e. The van der Waals surface area contributed by atoms with E-state index >= 15 is 4.39 Å². The van der Waals surface area contributed by atoms with Gasteiger partial charge in [-0.25, -0.2) is 9.07 Å². The number of nitrogens with one attached hydrogen (secondary N) is 1. The number of fused-ring (bicyclic) bond motifs is 1. The van der Waals surface area contributed by atoms with Crippen LogP contribution >= 0.6 is 0 Å². The van der Waals surface area contributed by atoms with Gasteiger partial charge < -0.3 is 5.32 Å². The number of hydrogen-bond acceptors (Lipinski definition) is 5. The molecule has 8 nitrogen and oxygen atoms in total. The molecule has 0 spiro atoms. The number of nitrogens with zero attached hydrogens (tertiary/aromatic N) is 5. The molecule has 0 saturated carbocycles. The Morgan fingerprint density at radius 3 is 2.49 bits per heavy atom. The summed E-state index contributed by atoms with van der Waals surface area (Å²) in [5.41, 5.74) is 1.82. The number of carbonyl (C=O) groups is 2. The fraction of sp³-hybridized carbons (Fsp3) is 0.269.